The molecular weight excluding hydrogens is 291 g/mol. The fraction of sp³-hybridized carbons (Fsp3) is 0. The van der Waals surface area contributed by atoms with E-state index in [0.717, 1.165) is 0 Å². The summed E-state index contributed by atoms with van der Waals surface area (Å²) in [7, 11) is 0. The molecule has 0 fully saturated rings. The third-order valence-corrected chi connectivity index (χ3v) is 2.25. The van der Waals surface area contributed by atoms with Crippen molar-refractivity contribution in [2.75, 3.05) is 0 Å². The minimum absolute atomic E-state index is 1.30. The number of rotatable bonds is 1. The molecule has 0 nitrogen and oxygen atoms in total. The van der Waals surface area contributed by atoms with Crippen LogP contribution >= 0.6 is 0 Å². The first kappa shape index (κ1) is 7.51. The molecule has 0 aliphatic carbocycles. The molecule has 0 aliphatic heterocycles. The molecule has 0 atom stereocenters. The van der Waals surface area contributed by atoms with Gasteiger partial charge in [0, 0.05) is 0 Å². The second kappa shape index (κ2) is 3.54. The average molecular weight is 297 g/mol. The van der Waals surface area contributed by atoms with Crippen molar-refractivity contribution in [3.05, 3.63) is 35.9 Å². The predicted molar refractivity (Wildman–Crippen MR) is 43.5 cm³/mol. The molecule has 1 aromatic rings. The van der Waals surface area contributed by atoms with E-state index in [9.17, 15) is 0 Å². The molecule has 0 saturated carbocycles. The monoisotopic (exact) mass is 300 g/mol. The van der Waals surface area contributed by atoms with E-state index in [1.54, 1.807) is 22.3 Å². The summed E-state index contributed by atoms with van der Waals surface area (Å²) >= 11 is 4.72. The second-order valence-electron chi connectivity index (χ2n) is 1.67. The van der Waals surface area contributed by atoms with E-state index in [-0.39, 0.29) is 0 Å². The van der Waals surface area contributed by atoms with Gasteiger partial charge in [0.05, 0.1) is 0 Å². The van der Waals surface area contributed by atoms with Gasteiger partial charge in [0.25, 0.3) is 0 Å². The topological polar surface area (TPSA) is 0 Å². The van der Waals surface area contributed by atoms with Crippen LogP contribution in [0.4, 0.5) is 0 Å². The van der Waals surface area contributed by atoms with Crippen LogP contribution in [0.15, 0.2) is 30.3 Å². The van der Waals surface area contributed by atoms with Crippen LogP contribution in [-0.4, -0.2) is 40.3 Å². The molecule has 1 aromatic carbocycles. The summed E-state index contributed by atoms with van der Waals surface area (Å²) in [4.78, 5) is 0. The zero-order chi connectivity index (χ0) is 6.69. The van der Waals surface area contributed by atoms with Gasteiger partial charge >= 0.3 is 76.2 Å². The Bertz CT molecular complexity index is 205. The second-order valence-corrected chi connectivity index (χ2v) is 5.83. The van der Waals surface area contributed by atoms with Gasteiger partial charge in [0.15, 0.2) is 0 Å². The van der Waals surface area contributed by atoms with Crippen LogP contribution in [0.2, 0.25) is 0 Å². The molecule has 0 aliphatic rings. The van der Waals surface area contributed by atoms with Gasteiger partial charge in [0.1, 0.15) is 0 Å². The third-order valence-electron chi connectivity index (χ3n) is 1.02. The van der Waals surface area contributed by atoms with Gasteiger partial charge < -0.3 is 0 Å². The first-order chi connectivity index (χ1) is 4.30. The molecule has 9 heavy (non-hydrogen) atoms. The Morgan fingerprint density at radius 3 is 2.11 bits per heavy atom. The van der Waals surface area contributed by atoms with E-state index < -0.39 is 0 Å². The number of hydrogen-bond acceptors (Lipinski definition) is 0. The van der Waals surface area contributed by atoms with Crippen LogP contribution in [0.25, 0.3) is 0 Å². The fourth-order valence-corrected chi connectivity index (χ4v) is 1.29. The van der Waals surface area contributed by atoms with Crippen LogP contribution in [0.5, 0.6) is 0 Å². The Hall–Kier alpha value is 0.399. The zero-order valence-electron chi connectivity index (χ0n) is 4.74. The SMILES string of the molecule is [Se]=C([TeH])c1ccccc1. The minimum atomic E-state index is 1.30. The summed E-state index contributed by atoms with van der Waals surface area (Å²) in [6, 6.07) is 10.3. The first-order valence-electron chi connectivity index (χ1n) is 2.59. The molecular formula is C7H6SeTe. The molecule has 0 unspecified atom stereocenters. The van der Waals surface area contributed by atoms with Crippen LogP contribution < -0.4 is 0 Å². The summed E-state index contributed by atoms with van der Waals surface area (Å²) in [5, 5.41) is 0. The van der Waals surface area contributed by atoms with Gasteiger partial charge in [-0.15, -0.1) is 0 Å². The van der Waals surface area contributed by atoms with Crippen LogP contribution in [0, 0.1) is 0 Å². The molecule has 0 saturated heterocycles. The van der Waals surface area contributed by atoms with Gasteiger partial charge in [-0.2, -0.15) is 0 Å². The van der Waals surface area contributed by atoms with Gasteiger partial charge in [-0.05, 0) is 0 Å². The first-order valence-corrected chi connectivity index (χ1v) is 4.72. The molecule has 0 spiro atoms. The molecule has 2 heteroatoms. The third kappa shape index (κ3) is 2.24. The zero-order valence-corrected chi connectivity index (χ0v) is 9.01. The van der Waals surface area contributed by atoms with E-state index >= 15 is 0 Å². The molecule has 0 bridgehead atoms. The van der Waals surface area contributed by atoms with Crippen LogP contribution in [0.1, 0.15) is 5.56 Å². The molecule has 0 radical (unpaired) electrons. The number of hydrogen-bond donors (Lipinski definition) is 0. The van der Waals surface area contributed by atoms with Crippen LogP contribution in [0.3, 0.4) is 0 Å². The fourth-order valence-electron chi connectivity index (χ4n) is 0.581. The van der Waals surface area contributed by atoms with E-state index in [1.165, 1.54) is 8.03 Å². The molecule has 46 valence electrons. The Labute approximate surface area is 75.9 Å². The average Bonchev–Trinajstić information content (AvgIpc) is 1.90. The summed E-state index contributed by atoms with van der Waals surface area (Å²) in [5.41, 5.74) is 1.30. The maximum atomic E-state index is 3.00. The van der Waals surface area contributed by atoms with Crippen LogP contribution in [-0.2, 0) is 0 Å². The van der Waals surface area contributed by atoms with Gasteiger partial charge in [-0.1, -0.05) is 0 Å². The van der Waals surface area contributed by atoms with Crippen molar-refractivity contribution in [3.63, 3.8) is 0 Å². The molecule has 0 N–H and O–H groups in total. The van der Waals surface area contributed by atoms with Crippen molar-refractivity contribution in [3.8, 4) is 0 Å². The molecule has 1 rings (SSSR count). The summed E-state index contributed by atoms with van der Waals surface area (Å²) in [5.74, 6) is 0. The number of benzene rings is 1. The van der Waals surface area contributed by atoms with Gasteiger partial charge in [-0.25, -0.2) is 0 Å². The molecule has 0 heterocycles. The Kier molecular flexibility index (Phi) is 2.95. The van der Waals surface area contributed by atoms with E-state index in [1.807, 2.05) is 18.2 Å². The van der Waals surface area contributed by atoms with Crippen molar-refractivity contribution in [1.82, 2.24) is 0 Å². The summed E-state index contributed by atoms with van der Waals surface area (Å²) in [6.07, 6.45) is 0. The maximum absolute atomic E-state index is 3.00. The summed E-state index contributed by atoms with van der Waals surface area (Å²) in [6.45, 7) is 0. The Morgan fingerprint density at radius 2 is 1.78 bits per heavy atom. The molecule has 0 aromatic heterocycles. The van der Waals surface area contributed by atoms with Crippen molar-refractivity contribution in [1.29, 1.82) is 0 Å². The standard InChI is InChI=1S/C7H6SeTe/c8-7(9)6-4-2-1-3-5-6/h1-5H,(H,8,9). The van der Waals surface area contributed by atoms with Crippen molar-refractivity contribution in [2.45, 2.75) is 0 Å². The molecule has 0 amide bonds. The van der Waals surface area contributed by atoms with Crippen molar-refractivity contribution < 1.29 is 0 Å². The van der Waals surface area contributed by atoms with E-state index in [4.69, 9.17) is 0 Å². The van der Waals surface area contributed by atoms with E-state index in [2.05, 4.69) is 27.7 Å². The predicted octanol–water partition coefficient (Wildman–Crippen LogP) is 0.234. The van der Waals surface area contributed by atoms with Crippen molar-refractivity contribution >= 4 is 40.3 Å². The van der Waals surface area contributed by atoms with Gasteiger partial charge in [0.2, 0.25) is 0 Å². The summed E-state index contributed by atoms with van der Waals surface area (Å²) < 4.78 is 1.30. The van der Waals surface area contributed by atoms with E-state index in [0.29, 0.717) is 0 Å². The quantitative estimate of drug-likeness (QED) is 0.651. The Morgan fingerprint density at radius 1 is 1.22 bits per heavy atom. The normalized spacial score (nSPS) is 9.00. The van der Waals surface area contributed by atoms with Gasteiger partial charge in [-0.3, -0.25) is 0 Å². The van der Waals surface area contributed by atoms with Crippen molar-refractivity contribution in [2.24, 2.45) is 0 Å². The Balaban J connectivity index is 2.98.